The normalized spacial score (nSPS) is 13.1. The molecule has 8 heteroatoms. The molecule has 0 bridgehead atoms. The van der Waals surface area contributed by atoms with Crippen LogP contribution in [0.4, 0.5) is 10.2 Å². The first-order chi connectivity index (χ1) is 15.4. The summed E-state index contributed by atoms with van der Waals surface area (Å²) >= 11 is 0. The van der Waals surface area contributed by atoms with E-state index < -0.39 is 0 Å². The second-order valence-electron chi connectivity index (χ2n) is 7.77. The largest absolute Gasteiger partial charge is 0.356 e. The average Bonchev–Trinajstić information content (AvgIpc) is 3.13. The molecule has 0 saturated heterocycles. The Kier molecular flexibility index (Phi) is 5.85. The Morgan fingerprint density at radius 2 is 1.94 bits per heavy atom. The van der Waals surface area contributed by atoms with Gasteiger partial charge in [-0.1, -0.05) is 19.1 Å². The number of nitrogens with zero attached hydrogens (tertiary/aromatic N) is 2. The SMILES string of the molecule is CCC(=O)N1CC(=O)c2c([nH]c(-c3ccnc(NC(C)=O)c3)c2Cc2ccc(F)cc2)C1. The van der Waals surface area contributed by atoms with Gasteiger partial charge in [0.05, 0.1) is 18.8 Å². The summed E-state index contributed by atoms with van der Waals surface area (Å²) in [6.07, 6.45) is 2.31. The van der Waals surface area contributed by atoms with Crippen LogP contribution in [0.2, 0.25) is 0 Å². The van der Waals surface area contributed by atoms with E-state index in [2.05, 4.69) is 15.3 Å². The Labute approximate surface area is 184 Å². The minimum absolute atomic E-state index is 0.0286. The summed E-state index contributed by atoms with van der Waals surface area (Å²) in [5.41, 5.74) is 4.34. The monoisotopic (exact) mass is 434 g/mol. The smallest absolute Gasteiger partial charge is 0.223 e. The zero-order valence-corrected chi connectivity index (χ0v) is 17.9. The van der Waals surface area contributed by atoms with E-state index in [1.54, 1.807) is 42.3 Å². The molecule has 1 aromatic carbocycles. The molecule has 4 rings (SSSR count). The fraction of sp³-hybridized carbons (Fsp3) is 0.250. The first-order valence-electron chi connectivity index (χ1n) is 10.4. The zero-order chi connectivity index (χ0) is 22.8. The molecule has 2 amide bonds. The highest BCUT2D eigenvalue weighted by Gasteiger charge is 2.31. The molecule has 3 aromatic rings. The van der Waals surface area contributed by atoms with Crippen molar-refractivity contribution < 1.29 is 18.8 Å². The van der Waals surface area contributed by atoms with Gasteiger partial charge in [-0.3, -0.25) is 14.4 Å². The van der Waals surface area contributed by atoms with E-state index in [-0.39, 0.29) is 30.0 Å². The van der Waals surface area contributed by atoms with Crippen molar-refractivity contribution in [2.45, 2.75) is 33.2 Å². The minimum Gasteiger partial charge on any atom is -0.356 e. The number of Topliss-reactive ketones (excluding diaryl/α,β-unsaturated/α-hetero) is 1. The highest BCUT2D eigenvalue weighted by Crippen LogP contribution is 2.34. The number of hydrogen-bond donors (Lipinski definition) is 2. The standard InChI is InChI=1S/C24H23FN4O3/c1-3-22(32)29-12-19-23(20(31)13-29)18(10-15-4-6-17(25)7-5-15)24(28-19)16-8-9-26-21(11-16)27-14(2)30/h4-9,11,28H,3,10,12-13H2,1-2H3,(H,26,27,30). The van der Waals surface area contributed by atoms with E-state index in [1.807, 2.05) is 0 Å². The lowest BCUT2D eigenvalue weighted by atomic mass is 9.93. The molecule has 1 aliphatic heterocycles. The van der Waals surface area contributed by atoms with Gasteiger partial charge < -0.3 is 15.2 Å². The number of ketones is 1. The van der Waals surface area contributed by atoms with Gasteiger partial charge in [0.25, 0.3) is 0 Å². The van der Waals surface area contributed by atoms with Crippen LogP contribution >= 0.6 is 0 Å². The second kappa shape index (κ2) is 8.74. The number of pyridine rings is 1. The number of benzene rings is 1. The maximum absolute atomic E-state index is 13.4. The van der Waals surface area contributed by atoms with Crippen molar-refractivity contribution in [2.75, 3.05) is 11.9 Å². The number of anilines is 1. The topological polar surface area (TPSA) is 95.2 Å². The van der Waals surface area contributed by atoms with Gasteiger partial charge in [0, 0.05) is 42.8 Å². The molecule has 2 N–H and O–H groups in total. The second-order valence-corrected chi connectivity index (χ2v) is 7.77. The van der Waals surface area contributed by atoms with Gasteiger partial charge >= 0.3 is 0 Å². The van der Waals surface area contributed by atoms with Crippen LogP contribution in [-0.4, -0.2) is 39.0 Å². The Bertz CT molecular complexity index is 1200. The van der Waals surface area contributed by atoms with Gasteiger partial charge in [0.2, 0.25) is 11.8 Å². The molecule has 0 radical (unpaired) electrons. The summed E-state index contributed by atoms with van der Waals surface area (Å²) in [4.78, 5) is 45.8. The quantitative estimate of drug-likeness (QED) is 0.640. The lowest BCUT2D eigenvalue weighted by molar-refractivity contribution is -0.131. The van der Waals surface area contributed by atoms with Crippen LogP contribution in [0.3, 0.4) is 0 Å². The van der Waals surface area contributed by atoms with E-state index in [9.17, 15) is 18.8 Å². The van der Waals surface area contributed by atoms with Crippen LogP contribution in [0.15, 0.2) is 42.6 Å². The molecular weight excluding hydrogens is 411 g/mol. The van der Waals surface area contributed by atoms with Crippen molar-refractivity contribution in [3.63, 3.8) is 0 Å². The van der Waals surface area contributed by atoms with Crippen LogP contribution < -0.4 is 5.32 Å². The predicted molar refractivity (Wildman–Crippen MR) is 118 cm³/mol. The molecule has 0 spiro atoms. The van der Waals surface area contributed by atoms with Gasteiger partial charge in [0.15, 0.2) is 5.78 Å². The number of aromatic nitrogens is 2. The highest BCUT2D eigenvalue weighted by atomic mass is 19.1. The first kappa shape index (κ1) is 21.4. The summed E-state index contributed by atoms with van der Waals surface area (Å²) in [5, 5.41) is 2.67. The van der Waals surface area contributed by atoms with Crippen molar-refractivity contribution in [1.82, 2.24) is 14.9 Å². The third-order valence-corrected chi connectivity index (χ3v) is 5.45. The van der Waals surface area contributed by atoms with Crippen molar-refractivity contribution in [3.8, 4) is 11.3 Å². The van der Waals surface area contributed by atoms with Crippen molar-refractivity contribution in [2.24, 2.45) is 0 Å². The van der Waals surface area contributed by atoms with E-state index in [1.165, 1.54) is 19.1 Å². The molecule has 0 unspecified atom stereocenters. The predicted octanol–water partition coefficient (Wildman–Crippen LogP) is 3.70. The molecular formula is C24H23FN4O3. The number of aromatic amines is 1. The van der Waals surface area contributed by atoms with Gasteiger partial charge in [-0.2, -0.15) is 0 Å². The number of hydrogen-bond acceptors (Lipinski definition) is 4. The number of carbonyl (C=O) groups excluding carboxylic acids is 3. The summed E-state index contributed by atoms with van der Waals surface area (Å²) in [7, 11) is 0. The van der Waals surface area contributed by atoms with Gasteiger partial charge in [0.1, 0.15) is 11.6 Å². The lowest BCUT2D eigenvalue weighted by Gasteiger charge is -2.26. The number of halogens is 1. The number of carbonyl (C=O) groups is 3. The first-order valence-corrected chi connectivity index (χ1v) is 10.4. The van der Waals surface area contributed by atoms with Crippen LogP contribution in [0.25, 0.3) is 11.3 Å². The van der Waals surface area contributed by atoms with Crippen molar-refractivity contribution in [3.05, 3.63) is 70.8 Å². The van der Waals surface area contributed by atoms with Crippen LogP contribution in [0, 0.1) is 5.82 Å². The Balaban J connectivity index is 1.82. The molecule has 2 aromatic heterocycles. The lowest BCUT2D eigenvalue weighted by Crippen LogP contribution is -2.39. The summed E-state index contributed by atoms with van der Waals surface area (Å²) in [6, 6.07) is 9.67. The van der Waals surface area contributed by atoms with E-state index >= 15 is 0 Å². The third kappa shape index (κ3) is 4.30. The summed E-state index contributed by atoms with van der Waals surface area (Å²) < 4.78 is 13.4. The molecule has 0 saturated carbocycles. The fourth-order valence-electron chi connectivity index (χ4n) is 4.01. The maximum Gasteiger partial charge on any atom is 0.223 e. The van der Waals surface area contributed by atoms with Crippen LogP contribution in [-0.2, 0) is 22.6 Å². The van der Waals surface area contributed by atoms with Gasteiger partial charge in [-0.15, -0.1) is 0 Å². The summed E-state index contributed by atoms with van der Waals surface area (Å²) in [6.45, 7) is 3.51. The number of amides is 2. The average molecular weight is 434 g/mol. The van der Waals surface area contributed by atoms with E-state index in [0.29, 0.717) is 42.2 Å². The van der Waals surface area contributed by atoms with Crippen molar-refractivity contribution in [1.29, 1.82) is 0 Å². The molecule has 0 aliphatic carbocycles. The number of fused-ring (bicyclic) bond motifs is 1. The van der Waals surface area contributed by atoms with E-state index in [4.69, 9.17) is 0 Å². The van der Waals surface area contributed by atoms with E-state index in [0.717, 1.165) is 16.7 Å². The molecule has 0 atom stereocenters. The number of H-pyrrole nitrogens is 1. The molecule has 164 valence electrons. The maximum atomic E-state index is 13.4. The molecule has 0 fully saturated rings. The Morgan fingerprint density at radius 3 is 2.62 bits per heavy atom. The Morgan fingerprint density at radius 1 is 1.19 bits per heavy atom. The minimum atomic E-state index is -0.330. The molecule has 3 heterocycles. The van der Waals surface area contributed by atoms with Gasteiger partial charge in [-0.25, -0.2) is 9.37 Å². The highest BCUT2D eigenvalue weighted by molar-refractivity contribution is 6.04. The van der Waals surface area contributed by atoms with Crippen LogP contribution in [0.5, 0.6) is 0 Å². The molecule has 32 heavy (non-hydrogen) atoms. The fourth-order valence-corrected chi connectivity index (χ4v) is 4.01. The third-order valence-electron chi connectivity index (χ3n) is 5.45. The number of nitrogens with one attached hydrogen (secondary N) is 2. The summed E-state index contributed by atoms with van der Waals surface area (Å²) in [5.74, 6) is -0.398. The molecule has 7 nitrogen and oxygen atoms in total. The van der Waals surface area contributed by atoms with Crippen LogP contribution in [0.1, 0.15) is 47.4 Å². The van der Waals surface area contributed by atoms with Gasteiger partial charge in [-0.05, 0) is 35.4 Å². The van der Waals surface area contributed by atoms with Crippen molar-refractivity contribution >= 4 is 23.4 Å². The Hall–Kier alpha value is -3.81. The number of rotatable bonds is 5. The molecule has 1 aliphatic rings. The zero-order valence-electron chi connectivity index (χ0n) is 17.9.